The number of hydrogen-bond donors (Lipinski definition) is 1. The lowest BCUT2D eigenvalue weighted by Gasteiger charge is -2.48. The molecule has 0 aliphatic carbocycles. The number of aromatic amines is 1. The van der Waals surface area contributed by atoms with Gasteiger partial charge in [0.25, 0.3) is 5.56 Å². The van der Waals surface area contributed by atoms with Crippen LogP contribution < -0.4 is 10.3 Å². The first-order chi connectivity index (χ1) is 12.0. The number of rotatable bonds is 4. The van der Waals surface area contributed by atoms with E-state index in [2.05, 4.69) is 23.7 Å². The second-order valence-electron chi connectivity index (χ2n) is 7.05. The number of hydrogen-bond acceptors (Lipinski definition) is 5. The molecule has 1 aliphatic heterocycles. The fourth-order valence-corrected chi connectivity index (χ4v) is 4.15. The largest absolute Gasteiger partial charge is 0.497 e. The van der Waals surface area contributed by atoms with Crippen molar-refractivity contribution in [3.8, 4) is 16.2 Å². The lowest BCUT2D eigenvalue weighted by molar-refractivity contribution is 0.00569. The average molecular weight is 355 g/mol. The van der Waals surface area contributed by atoms with Gasteiger partial charge in [0.15, 0.2) is 0 Å². The summed E-state index contributed by atoms with van der Waals surface area (Å²) in [4.78, 5) is 23.5. The second kappa shape index (κ2) is 5.97. The lowest BCUT2D eigenvalue weighted by Crippen LogP contribution is -2.55. The predicted molar refractivity (Wildman–Crippen MR) is 101 cm³/mol. The Balaban J connectivity index is 1.68. The van der Waals surface area contributed by atoms with Crippen molar-refractivity contribution in [2.24, 2.45) is 0 Å². The van der Waals surface area contributed by atoms with E-state index in [1.54, 1.807) is 7.11 Å². The van der Waals surface area contributed by atoms with Crippen molar-refractivity contribution >= 4 is 21.6 Å². The molecular formula is C19H21N3O2S. The highest BCUT2D eigenvalue weighted by molar-refractivity contribution is 7.22. The molecule has 3 aromatic rings. The van der Waals surface area contributed by atoms with Crippen LogP contribution in [0.4, 0.5) is 0 Å². The number of thiophene rings is 1. The van der Waals surface area contributed by atoms with Crippen molar-refractivity contribution in [1.29, 1.82) is 0 Å². The molecule has 0 atom stereocenters. The molecule has 6 heteroatoms. The van der Waals surface area contributed by atoms with Crippen LogP contribution in [0.1, 0.15) is 26.1 Å². The van der Waals surface area contributed by atoms with Crippen LogP contribution in [0.2, 0.25) is 0 Å². The van der Waals surface area contributed by atoms with E-state index < -0.39 is 0 Å². The van der Waals surface area contributed by atoms with Crippen LogP contribution in [0.3, 0.4) is 0 Å². The van der Waals surface area contributed by atoms with E-state index in [-0.39, 0.29) is 11.1 Å². The fourth-order valence-electron chi connectivity index (χ4n) is 3.15. The van der Waals surface area contributed by atoms with Crippen LogP contribution in [0.25, 0.3) is 20.7 Å². The maximum absolute atomic E-state index is 12.5. The Morgan fingerprint density at radius 2 is 2.08 bits per heavy atom. The molecule has 1 aliphatic rings. The van der Waals surface area contributed by atoms with Gasteiger partial charge in [-0.3, -0.25) is 9.69 Å². The number of nitrogens with one attached hydrogen (secondary N) is 1. The van der Waals surface area contributed by atoms with Crippen LogP contribution in [0, 0.1) is 0 Å². The van der Waals surface area contributed by atoms with Gasteiger partial charge in [-0.05, 0) is 56.2 Å². The second-order valence-corrected chi connectivity index (χ2v) is 8.10. The number of aromatic nitrogens is 2. The first-order valence-corrected chi connectivity index (χ1v) is 9.20. The number of H-pyrrole nitrogens is 1. The summed E-state index contributed by atoms with van der Waals surface area (Å²) in [5, 5.41) is 0. The van der Waals surface area contributed by atoms with E-state index in [1.807, 2.05) is 30.3 Å². The van der Waals surface area contributed by atoms with Gasteiger partial charge < -0.3 is 9.72 Å². The summed E-state index contributed by atoms with van der Waals surface area (Å²) in [7, 11) is 1.65. The van der Waals surface area contributed by atoms with Gasteiger partial charge in [0.1, 0.15) is 16.3 Å². The molecule has 0 amide bonds. The maximum Gasteiger partial charge on any atom is 0.268 e. The zero-order valence-corrected chi connectivity index (χ0v) is 15.4. The van der Waals surface area contributed by atoms with Crippen LogP contribution in [0.15, 0.2) is 35.1 Å². The molecule has 1 aromatic carbocycles. The van der Waals surface area contributed by atoms with Crippen molar-refractivity contribution in [2.45, 2.75) is 32.4 Å². The van der Waals surface area contributed by atoms with E-state index in [4.69, 9.17) is 9.72 Å². The quantitative estimate of drug-likeness (QED) is 0.776. The molecule has 0 spiro atoms. The number of methoxy groups -OCH3 is 1. The number of nitrogens with zero attached hydrogens (tertiary/aromatic N) is 2. The van der Waals surface area contributed by atoms with E-state index in [9.17, 15) is 4.79 Å². The summed E-state index contributed by atoms with van der Waals surface area (Å²) < 4.78 is 5.88. The first kappa shape index (κ1) is 16.3. The molecule has 3 heterocycles. The Labute approximate surface area is 150 Å². The van der Waals surface area contributed by atoms with Crippen LogP contribution in [-0.2, 0) is 6.54 Å². The van der Waals surface area contributed by atoms with Gasteiger partial charge >= 0.3 is 0 Å². The summed E-state index contributed by atoms with van der Waals surface area (Å²) in [5.74, 6) is 1.56. The topological polar surface area (TPSA) is 58.2 Å². The molecule has 1 N–H and O–H groups in total. The molecule has 25 heavy (non-hydrogen) atoms. The minimum Gasteiger partial charge on any atom is -0.497 e. The normalized spacial score (nSPS) is 16.8. The number of ether oxygens (including phenoxy) is 1. The maximum atomic E-state index is 12.5. The van der Waals surface area contributed by atoms with Gasteiger partial charge in [-0.15, -0.1) is 11.3 Å². The summed E-state index contributed by atoms with van der Waals surface area (Å²) in [6, 6.07) is 9.85. The summed E-state index contributed by atoms with van der Waals surface area (Å²) >= 11 is 1.48. The third-order valence-electron chi connectivity index (χ3n) is 5.00. The highest BCUT2D eigenvalue weighted by Crippen LogP contribution is 2.33. The molecule has 2 aromatic heterocycles. The van der Waals surface area contributed by atoms with Gasteiger partial charge in [-0.1, -0.05) is 0 Å². The zero-order valence-electron chi connectivity index (χ0n) is 14.6. The molecule has 0 bridgehead atoms. The molecule has 5 nitrogen and oxygen atoms in total. The van der Waals surface area contributed by atoms with Gasteiger partial charge in [0, 0.05) is 17.0 Å². The van der Waals surface area contributed by atoms with E-state index in [0.29, 0.717) is 11.2 Å². The Hall–Kier alpha value is -2.18. The number of likely N-dealkylation sites (tertiary alicyclic amines) is 1. The molecule has 4 rings (SSSR count). The highest BCUT2D eigenvalue weighted by atomic mass is 32.1. The van der Waals surface area contributed by atoms with Crippen molar-refractivity contribution < 1.29 is 4.74 Å². The monoisotopic (exact) mass is 355 g/mol. The van der Waals surface area contributed by atoms with Crippen LogP contribution >= 0.6 is 11.3 Å². The summed E-state index contributed by atoms with van der Waals surface area (Å²) in [5.41, 5.74) is 1.97. The van der Waals surface area contributed by atoms with Crippen molar-refractivity contribution in [3.63, 3.8) is 0 Å². The molecule has 1 saturated heterocycles. The van der Waals surface area contributed by atoms with Crippen molar-refractivity contribution in [1.82, 2.24) is 14.9 Å². The predicted octanol–water partition coefficient (Wildman–Crippen LogP) is 3.64. The molecule has 1 fully saturated rings. The fraction of sp³-hybridized carbons (Fsp3) is 0.368. The summed E-state index contributed by atoms with van der Waals surface area (Å²) in [6.45, 7) is 6.18. The smallest absolute Gasteiger partial charge is 0.268 e. The molecule has 130 valence electrons. The van der Waals surface area contributed by atoms with Crippen LogP contribution in [0.5, 0.6) is 5.75 Å². The van der Waals surface area contributed by atoms with Gasteiger partial charge in [-0.25, -0.2) is 4.98 Å². The molecule has 0 unspecified atom stereocenters. The Morgan fingerprint density at radius 3 is 2.68 bits per heavy atom. The third kappa shape index (κ3) is 2.96. The number of benzene rings is 1. The Morgan fingerprint density at radius 1 is 1.32 bits per heavy atom. The average Bonchev–Trinajstić information content (AvgIpc) is 3.03. The Kier molecular flexibility index (Phi) is 3.89. The zero-order chi connectivity index (χ0) is 17.6. The SMILES string of the molecule is COc1ccc(-c2cc3nc(CN4CCC4(C)C)[nH]c(=O)c3s2)cc1. The summed E-state index contributed by atoms with van der Waals surface area (Å²) in [6.07, 6.45) is 1.18. The molecular weight excluding hydrogens is 334 g/mol. The standard InChI is InChI=1S/C19H21N3O2S/c1-19(2)8-9-22(19)11-16-20-14-10-15(25-17(14)18(23)21-16)12-4-6-13(24-3)7-5-12/h4-7,10H,8-9,11H2,1-3H3,(H,20,21,23). The van der Waals surface area contributed by atoms with E-state index >= 15 is 0 Å². The molecule has 0 radical (unpaired) electrons. The Bertz CT molecular complexity index is 972. The van der Waals surface area contributed by atoms with Crippen molar-refractivity contribution in [3.05, 3.63) is 46.5 Å². The first-order valence-electron chi connectivity index (χ1n) is 8.38. The minimum atomic E-state index is -0.0527. The van der Waals surface area contributed by atoms with Gasteiger partial charge in [0.05, 0.1) is 19.2 Å². The van der Waals surface area contributed by atoms with Crippen molar-refractivity contribution in [2.75, 3.05) is 13.7 Å². The minimum absolute atomic E-state index is 0.0527. The number of fused-ring (bicyclic) bond motifs is 1. The van der Waals surface area contributed by atoms with Gasteiger partial charge in [-0.2, -0.15) is 0 Å². The van der Waals surface area contributed by atoms with E-state index in [0.717, 1.165) is 34.1 Å². The molecule has 0 saturated carbocycles. The van der Waals surface area contributed by atoms with Crippen LogP contribution in [-0.4, -0.2) is 34.1 Å². The van der Waals surface area contributed by atoms with E-state index in [1.165, 1.54) is 17.8 Å². The third-order valence-corrected chi connectivity index (χ3v) is 6.17. The highest BCUT2D eigenvalue weighted by Gasteiger charge is 2.35. The lowest BCUT2D eigenvalue weighted by atomic mass is 9.89. The van der Waals surface area contributed by atoms with Gasteiger partial charge in [0.2, 0.25) is 0 Å².